The van der Waals surface area contributed by atoms with E-state index in [0.29, 0.717) is 45.3 Å². The third-order valence-corrected chi connectivity index (χ3v) is 12.5. The molecule has 1 aliphatic heterocycles. The Balaban J connectivity index is 2.24. The molecule has 2 rings (SSSR count). The number of carboxylic acid groups (broad SMARTS) is 1. The fourth-order valence-corrected chi connectivity index (χ4v) is 8.77. The van der Waals surface area contributed by atoms with Crippen molar-refractivity contribution in [2.45, 2.75) is 156 Å². The first-order valence-corrected chi connectivity index (χ1v) is 23.0. The molecule has 1 fully saturated rings. The number of methoxy groups -OCH3 is 2. The van der Waals surface area contributed by atoms with Crippen molar-refractivity contribution < 1.29 is 48.1 Å². The predicted molar refractivity (Wildman–Crippen MR) is 247 cm³/mol. The molecule has 16 heteroatoms. The number of likely N-dealkylation sites (N-methyl/N-ethyl adjacent to an activating group) is 2. The van der Waals surface area contributed by atoms with Gasteiger partial charge in [-0.1, -0.05) is 85.2 Å². The number of aliphatic carboxylic acids is 1. The fourth-order valence-electron chi connectivity index (χ4n) is 8.77. The summed E-state index contributed by atoms with van der Waals surface area (Å²) in [7, 11) is 8.27. The van der Waals surface area contributed by atoms with Gasteiger partial charge in [0.1, 0.15) is 17.7 Å². The van der Waals surface area contributed by atoms with E-state index in [1.807, 2.05) is 105 Å². The minimum Gasteiger partial charge on any atom is -0.480 e. The van der Waals surface area contributed by atoms with Gasteiger partial charge in [-0.25, -0.2) is 9.59 Å². The summed E-state index contributed by atoms with van der Waals surface area (Å²) in [6.45, 7) is 20.3. The van der Waals surface area contributed by atoms with Crippen LogP contribution in [0.4, 0.5) is 4.79 Å². The number of hydrogen-bond acceptors (Lipinski definition) is 10. The van der Waals surface area contributed by atoms with Crippen molar-refractivity contribution in [1.29, 1.82) is 0 Å². The summed E-state index contributed by atoms with van der Waals surface area (Å²) in [5, 5.41) is 15.7. The Morgan fingerprint density at radius 1 is 0.875 bits per heavy atom. The first kappa shape index (κ1) is 55.9. The van der Waals surface area contributed by atoms with Crippen molar-refractivity contribution in [3.8, 4) is 0 Å². The van der Waals surface area contributed by atoms with E-state index in [1.165, 1.54) is 19.1 Å². The summed E-state index contributed by atoms with van der Waals surface area (Å²) in [6.07, 6.45) is 0.810. The Kier molecular flexibility index (Phi) is 22.7. The van der Waals surface area contributed by atoms with Gasteiger partial charge in [0.05, 0.1) is 42.7 Å². The number of ether oxygens (including phenoxy) is 3. The van der Waals surface area contributed by atoms with Crippen molar-refractivity contribution in [3.05, 3.63) is 35.9 Å². The minimum atomic E-state index is -1.15. The van der Waals surface area contributed by atoms with Gasteiger partial charge in [0, 0.05) is 54.4 Å². The lowest BCUT2D eigenvalue weighted by Crippen LogP contribution is -2.60. The average molecular weight is 903 g/mol. The molecule has 0 aromatic heterocycles. The third kappa shape index (κ3) is 16.3. The molecule has 0 bridgehead atoms. The van der Waals surface area contributed by atoms with Gasteiger partial charge in [-0.3, -0.25) is 24.1 Å². The van der Waals surface area contributed by atoms with E-state index in [1.54, 1.807) is 30.8 Å². The van der Waals surface area contributed by atoms with Crippen molar-refractivity contribution in [2.75, 3.05) is 55.0 Å². The average Bonchev–Trinajstić information content (AvgIpc) is 3.71. The molecule has 1 heterocycles. The number of nitrogens with one attached hydrogen (secondary N) is 2. The van der Waals surface area contributed by atoms with Crippen LogP contribution in [0.5, 0.6) is 0 Å². The molecule has 0 aliphatic carbocycles. The quantitative estimate of drug-likeness (QED) is 0.119. The lowest BCUT2D eigenvalue weighted by molar-refractivity contribution is -0.148. The molecule has 3 N–H and O–H groups in total. The first-order valence-electron chi connectivity index (χ1n) is 23.0. The summed E-state index contributed by atoms with van der Waals surface area (Å²) in [5.74, 6) is -3.63. The Morgan fingerprint density at radius 3 is 2.02 bits per heavy atom. The Bertz CT molecular complexity index is 1650. The van der Waals surface area contributed by atoms with Crippen LogP contribution in [-0.2, 0) is 44.6 Å². The smallest absolute Gasteiger partial charge is 0.410 e. The Morgan fingerprint density at radius 2 is 1.50 bits per heavy atom. The van der Waals surface area contributed by atoms with Crippen molar-refractivity contribution in [1.82, 2.24) is 30.2 Å². The first-order chi connectivity index (χ1) is 29.9. The van der Waals surface area contributed by atoms with E-state index < -0.39 is 71.9 Å². The monoisotopic (exact) mass is 903 g/mol. The number of nitrogens with zero attached hydrogens (tertiary/aromatic N) is 4. The molecule has 9 atom stereocenters. The summed E-state index contributed by atoms with van der Waals surface area (Å²) < 4.78 is 17.4. The number of carbonyl (C=O) groups is 6. The minimum absolute atomic E-state index is 0.0448. The van der Waals surface area contributed by atoms with E-state index in [0.717, 1.165) is 5.56 Å². The van der Waals surface area contributed by atoms with E-state index in [9.17, 15) is 33.9 Å². The van der Waals surface area contributed by atoms with E-state index in [4.69, 9.17) is 14.2 Å². The van der Waals surface area contributed by atoms with Crippen LogP contribution in [0.2, 0.25) is 0 Å². The van der Waals surface area contributed by atoms with Gasteiger partial charge < -0.3 is 44.7 Å². The molecule has 0 unspecified atom stereocenters. The second-order valence-corrected chi connectivity index (χ2v) is 19.3. The molecule has 64 heavy (non-hydrogen) atoms. The number of likely N-dealkylation sites (tertiary alicyclic amines) is 1. The van der Waals surface area contributed by atoms with E-state index >= 15 is 0 Å². The molecule has 16 nitrogen and oxygen atoms in total. The number of hydrogen-bond donors (Lipinski definition) is 3. The number of amides is 5. The molecular weight excluding hydrogens is 821 g/mol. The van der Waals surface area contributed by atoms with Gasteiger partial charge in [-0.05, 0) is 70.4 Å². The van der Waals surface area contributed by atoms with Crippen molar-refractivity contribution in [3.63, 3.8) is 0 Å². The maximum atomic E-state index is 14.6. The molecule has 0 saturated carbocycles. The van der Waals surface area contributed by atoms with Gasteiger partial charge in [-0.2, -0.15) is 0 Å². The van der Waals surface area contributed by atoms with E-state index in [-0.39, 0.29) is 48.3 Å². The summed E-state index contributed by atoms with van der Waals surface area (Å²) >= 11 is 0. The lowest BCUT2D eigenvalue weighted by Gasteiger charge is -2.41. The summed E-state index contributed by atoms with van der Waals surface area (Å²) in [5.41, 5.74) is 0.170. The largest absolute Gasteiger partial charge is 0.480 e. The maximum Gasteiger partial charge on any atom is 0.410 e. The maximum absolute atomic E-state index is 14.6. The zero-order valence-electron chi connectivity index (χ0n) is 41.5. The second kappa shape index (κ2) is 26.0. The number of carboxylic acids is 1. The zero-order valence-corrected chi connectivity index (χ0v) is 41.5. The van der Waals surface area contributed by atoms with E-state index in [2.05, 4.69) is 10.6 Å². The highest BCUT2D eigenvalue weighted by Gasteiger charge is 2.43. The third-order valence-electron chi connectivity index (χ3n) is 12.5. The number of rotatable bonds is 25. The SMILES string of the molecule is CC[C@H](C)[C@@H]([C@@H](CC(=O)N1CCC[C@H]1[C@H](OC)[C@@H](C)C(=O)N[C@@H](Cc1ccccc1)C(=O)O)OC)N(C)C(=O)[C@@H](NC(=O)[C@H](C(C)C)N(C)CCCN(C)C(=O)OC(C)(C)C)C(C)C. The van der Waals surface area contributed by atoms with Crippen LogP contribution in [0.15, 0.2) is 30.3 Å². The number of benzene rings is 1. The normalized spacial score (nSPS) is 18.1. The molecule has 0 spiro atoms. The van der Waals surface area contributed by atoms with Crippen LogP contribution in [-0.4, -0.2) is 163 Å². The molecule has 364 valence electrons. The Hall–Kier alpha value is -4.28. The van der Waals surface area contributed by atoms with Gasteiger partial charge in [-0.15, -0.1) is 0 Å². The van der Waals surface area contributed by atoms with Crippen LogP contribution >= 0.6 is 0 Å². The Labute approximate surface area is 383 Å². The highest BCUT2D eigenvalue weighted by molar-refractivity contribution is 5.90. The summed E-state index contributed by atoms with van der Waals surface area (Å²) in [6, 6.07) is 5.54. The van der Waals surface area contributed by atoms with Crippen LogP contribution in [0.3, 0.4) is 0 Å². The molecule has 1 saturated heterocycles. The van der Waals surface area contributed by atoms with Crippen molar-refractivity contribution >= 4 is 35.7 Å². The fraction of sp³-hybridized carbons (Fsp3) is 0.750. The molecule has 1 aromatic carbocycles. The second-order valence-electron chi connectivity index (χ2n) is 19.3. The molecule has 1 aliphatic rings. The zero-order chi connectivity index (χ0) is 48.6. The topological polar surface area (TPSA) is 187 Å². The van der Waals surface area contributed by atoms with Crippen LogP contribution in [0.1, 0.15) is 107 Å². The van der Waals surface area contributed by atoms with Gasteiger partial charge in [0.25, 0.3) is 0 Å². The molecule has 0 radical (unpaired) electrons. The van der Waals surface area contributed by atoms with Crippen LogP contribution in [0.25, 0.3) is 0 Å². The molecule has 5 amide bonds. The van der Waals surface area contributed by atoms with Crippen molar-refractivity contribution in [2.24, 2.45) is 23.7 Å². The highest BCUT2D eigenvalue weighted by atomic mass is 16.6. The van der Waals surface area contributed by atoms with Gasteiger partial charge in [0.2, 0.25) is 23.6 Å². The standard InChI is InChI=1S/C48H82N6O10/c1-16-32(6)41(53(13)45(58)39(30(2)3)50-44(57)40(31(4)5)51(11)25-21-26-52(12)47(61)64-48(8,9)10)37(62-14)29-38(55)54-27-20-24-36(54)42(63-15)33(7)43(56)49-35(46(59)60)28-34-22-18-17-19-23-34/h17-19,22-23,30-33,35-37,39-42H,16,20-21,24-29H2,1-15H3,(H,49,56)(H,50,57)(H,59,60)/t32-,33+,35-,36-,37+,39-,40-,41-,42+/m0/s1. The van der Waals surface area contributed by atoms with Gasteiger partial charge in [0.15, 0.2) is 0 Å². The molecule has 1 aromatic rings. The predicted octanol–water partition coefficient (Wildman–Crippen LogP) is 5.07. The highest BCUT2D eigenvalue weighted by Crippen LogP contribution is 2.30. The molecular formula is C48H82N6O10. The lowest BCUT2D eigenvalue weighted by atomic mass is 9.89. The van der Waals surface area contributed by atoms with Gasteiger partial charge >= 0.3 is 12.1 Å². The van der Waals surface area contributed by atoms with Crippen LogP contribution < -0.4 is 10.6 Å². The number of carbonyl (C=O) groups excluding carboxylic acids is 5. The van der Waals surface area contributed by atoms with Crippen LogP contribution in [0, 0.1) is 23.7 Å². The summed E-state index contributed by atoms with van der Waals surface area (Å²) in [4.78, 5) is 88.0.